The second-order valence-corrected chi connectivity index (χ2v) is 5.69. The van der Waals surface area contributed by atoms with E-state index in [1.807, 2.05) is 0 Å². The zero-order chi connectivity index (χ0) is 11.4. The third-order valence-corrected chi connectivity index (χ3v) is 3.73. The van der Waals surface area contributed by atoms with Gasteiger partial charge in [-0.3, -0.25) is 4.90 Å². The summed E-state index contributed by atoms with van der Waals surface area (Å²) in [5.41, 5.74) is 0. The first-order valence-corrected chi connectivity index (χ1v) is 6.78. The molecule has 2 heterocycles. The van der Waals surface area contributed by atoms with E-state index in [1.165, 1.54) is 25.9 Å². The molecule has 0 aromatic heterocycles. The summed E-state index contributed by atoms with van der Waals surface area (Å²) in [4.78, 5) is 2.68. The van der Waals surface area contributed by atoms with Gasteiger partial charge in [0.25, 0.3) is 0 Å². The van der Waals surface area contributed by atoms with Gasteiger partial charge >= 0.3 is 0 Å². The summed E-state index contributed by atoms with van der Waals surface area (Å²) in [6, 6.07) is 0.678. The highest BCUT2D eigenvalue weighted by Crippen LogP contribution is 2.17. The van der Waals surface area contributed by atoms with E-state index in [-0.39, 0.29) is 0 Å². The SMILES string of the molecule is CC1CNCC(C)CN(C2CCCOC2)C1. The molecular formula is C13H26N2O. The molecule has 2 fully saturated rings. The Morgan fingerprint density at radius 2 is 1.81 bits per heavy atom. The first kappa shape index (κ1) is 12.3. The molecule has 0 bridgehead atoms. The Morgan fingerprint density at radius 3 is 2.38 bits per heavy atom. The lowest BCUT2D eigenvalue weighted by Crippen LogP contribution is -2.49. The smallest absolute Gasteiger partial charge is 0.0621 e. The molecule has 2 aliphatic rings. The van der Waals surface area contributed by atoms with E-state index in [1.54, 1.807) is 0 Å². The summed E-state index contributed by atoms with van der Waals surface area (Å²) in [6.07, 6.45) is 2.56. The largest absolute Gasteiger partial charge is 0.380 e. The Kier molecular flexibility index (Phi) is 4.62. The Hall–Kier alpha value is -0.120. The van der Waals surface area contributed by atoms with E-state index < -0.39 is 0 Å². The van der Waals surface area contributed by atoms with Crippen LogP contribution >= 0.6 is 0 Å². The molecular weight excluding hydrogens is 200 g/mol. The van der Waals surface area contributed by atoms with Crippen LogP contribution in [0.4, 0.5) is 0 Å². The second-order valence-electron chi connectivity index (χ2n) is 5.69. The first-order chi connectivity index (χ1) is 7.75. The monoisotopic (exact) mass is 226 g/mol. The fourth-order valence-corrected chi connectivity index (χ4v) is 2.89. The first-order valence-electron chi connectivity index (χ1n) is 6.78. The Labute approximate surface area is 99.5 Å². The van der Waals surface area contributed by atoms with Gasteiger partial charge in [0, 0.05) is 25.7 Å². The van der Waals surface area contributed by atoms with Crippen molar-refractivity contribution in [3.8, 4) is 0 Å². The lowest BCUT2D eigenvalue weighted by atomic mass is 10.0. The third kappa shape index (κ3) is 3.44. The maximum atomic E-state index is 5.62. The Morgan fingerprint density at radius 1 is 1.12 bits per heavy atom. The van der Waals surface area contributed by atoms with Crippen molar-refractivity contribution < 1.29 is 4.74 Å². The average Bonchev–Trinajstić information content (AvgIpc) is 2.27. The van der Waals surface area contributed by atoms with Crippen LogP contribution in [0.25, 0.3) is 0 Å². The molecule has 0 saturated carbocycles. The van der Waals surface area contributed by atoms with E-state index >= 15 is 0 Å². The normalized spacial score (nSPS) is 39.0. The van der Waals surface area contributed by atoms with Crippen molar-refractivity contribution in [2.45, 2.75) is 32.7 Å². The number of ether oxygens (including phenoxy) is 1. The fraction of sp³-hybridized carbons (Fsp3) is 1.00. The molecule has 1 N–H and O–H groups in total. The van der Waals surface area contributed by atoms with Gasteiger partial charge in [0.05, 0.1) is 6.61 Å². The van der Waals surface area contributed by atoms with Crippen LogP contribution in [-0.2, 0) is 4.74 Å². The third-order valence-electron chi connectivity index (χ3n) is 3.73. The summed E-state index contributed by atoms with van der Waals surface area (Å²) in [7, 11) is 0. The van der Waals surface area contributed by atoms with E-state index in [2.05, 4.69) is 24.1 Å². The number of hydrogen-bond donors (Lipinski definition) is 1. The summed E-state index contributed by atoms with van der Waals surface area (Å²) >= 11 is 0. The molecule has 2 saturated heterocycles. The van der Waals surface area contributed by atoms with E-state index in [0.717, 1.165) is 38.1 Å². The Bertz CT molecular complexity index is 192. The van der Waals surface area contributed by atoms with Gasteiger partial charge in [-0.1, -0.05) is 13.8 Å². The van der Waals surface area contributed by atoms with Crippen LogP contribution in [0.5, 0.6) is 0 Å². The van der Waals surface area contributed by atoms with Crippen molar-refractivity contribution in [1.29, 1.82) is 0 Å². The van der Waals surface area contributed by atoms with Crippen LogP contribution in [0.2, 0.25) is 0 Å². The minimum absolute atomic E-state index is 0.678. The average molecular weight is 226 g/mol. The van der Waals surface area contributed by atoms with Gasteiger partial charge in [0.1, 0.15) is 0 Å². The van der Waals surface area contributed by atoms with Crippen molar-refractivity contribution in [3.05, 3.63) is 0 Å². The zero-order valence-electron chi connectivity index (χ0n) is 10.7. The maximum Gasteiger partial charge on any atom is 0.0621 e. The Balaban J connectivity index is 1.92. The fourth-order valence-electron chi connectivity index (χ4n) is 2.89. The van der Waals surface area contributed by atoms with Crippen LogP contribution in [0.1, 0.15) is 26.7 Å². The van der Waals surface area contributed by atoms with Gasteiger partial charge in [-0.15, -0.1) is 0 Å². The van der Waals surface area contributed by atoms with Crippen LogP contribution in [-0.4, -0.2) is 50.3 Å². The zero-order valence-corrected chi connectivity index (χ0v) is 10.7. The van der Waals surface area contributed by atoms with Crippen molar-refractivity contribution >= 4 is 0 Å². The number of nitrogens with one attached hydrogen (secondary N) is 1. The van der Waals surface area contributed by atoms with Crippen LogP contribution in [0, 0.1) is 11.8 Å². The molecule has 0 spiro atoms. The van der Waals surface area contributed by atoms with Crippen LogP contribution < -0.4 is 5.32 Å². The molecule has 3 atom stereocenters. The van der Waals surface area contributed by atoms with Crippen LogP contribution in [0.3, 0.4) is 0 Å². The molecule has 3 heteroatoms. The standard InChI is InChI=1S/C13H26N2O/c1-11-6-14-7-12(2)9-15(8-11)13-4-3-5-16-10-13/h11-14H,3-10H2,1-2H3. The van der Waals surface area contributed by atoms with E-state index in [4.69, 9.17) is 4.74 Å². The lowest BCUT2D eigenvalue weighted by molar-refractivity contribution is 0.00498. The van der Waals surface area contributed by atoms with Gasteiger partial charge in [0.2, 0.25) is 0 Å². The molecule has 16 heavy (non-hydrogen) atoms. The maximum absolute atomic E-state index is 5.62. The van der Waals surface area contributed by atoms with E-state index in [0.29, 0.717) is 6.04 Å². The highest BCUT2D eigenvalue weighted by Gasteiger charge is 2.25. The summed E-state index contributed by atoms with van der Waals surface area (Å²) in [5, 5.41) is 3.55. The molecule has 3 unspecified atom stereocenters. The molecule has 0 aromatic carbocycles. The van der Waals surface area contributed by atoms with Crippen LogP contribution in [0.15, 0.2) is 0 Å². The molecule has 3 nitrogen and oxygen atoms in total. The molecule has 0 amide bonds. The molecule has 2 rings (SSSR count). The van der Waals surface area contributed by atoms with Crippen molar-refractivity contribution in [1.82, 2.24) is 10.2 Å². The van der Waals surface area contributed by atoms with Gasteiger partial charge in [-0.2, -0.15) is 0 Å². The highest BCUT2D eigenvalue weighted by atomic mass is 16.5. The lowest BCUT2D eigenvalue weighted by Gasteiger charge is -2.39. The van der Waals surface area contributed by atoms with E-state index in [9.17, 15) is 0 Å². The highest BCUT2D eigenvalue weighted by molar-refractivity contribution is 4.80. The minimum Gasteiger partial charge on any atom is -0.380 e. The van der Waals surface area contributed by atoms with Crippen molar-refractivity contribution in [2.24, 2.45) is 11.8 Å². The molecule has 0 aromatic rings. The second kappa shape index (κ2) is 5.99. The van der Waals surface area contributed by atoms with Crippen molar-refractivity contribution in [2.75, 3.05) is 39.4 Å². The van der Waals surface area contributed by atoms with Crippen molar-refractivity contribution in [3.63, 3.8) is 0 Å². The molecule has 0 aliphatic carbocycles. The minimum atomic E-state index is 0.678. The number of rotatable bonds is 1. The van der Waals surface area contributed by atoms with Gasteiger partial charge in [-0.05, 0) is 37.8 Å². The topological polar surface area (TPSA) is 24.5 Å². The van der Waals surface area contributed by atoms with Gasteiger partial charge in [0.15, 0.2) is 0 Å². The molecule has 2 aliphatic heterocycles. The molecule has 94 valence electrons. The predicted octanol–water partition coefficient (Wildman–Crippen LogP) is 1.34. The molecule has 0 radical (unpaired) electrons. The number of nitrogens with zero attached hydrogens (tertiary/aromatic N) is 1. The summed E-state index contributed by atoms with van der Waals surface area (Å²) < 4.78 is 5.62. The number of hydrogen-bond acceptors (Lipinski definition) is 3. The van der Waals surface area contributed by atoms with Gasteiger partial charge < -0.3 is 10.1 Å². The summed E-state index contributed by atoms with van der Waals surface area (Å²) in [6.45, 7) is 11.4. The predicted molar refractivity (Wildman–Crippen MR) is 66.6 cm³/mol. The van der Waals surface area contributed by atoms with Gasteiger partial charge in [-0.25, -0.2) is 0 Å². The quantitative estimate of drug-likeness (QED) is 0.730. The summed E-state index contributed by atoms with van der Waals surface area (Å²) in [5.74, 6) is 1.52.